The number of nitrogens with one attached hydrogen (secondary N) is 1. The molecule has 25 heavy (non-hydrogen) atoms. The Morgan fingerprint density at radius 3 is 2.64 bits per heavy atom. The third-order valence-electron chi connectivity index (χ3n) is 4.19. The number of hydrogen-bond acceptors (Lipinski definition) is 3. The highest BCUT2D eigenvalue weighted by atomic mass is 35.5. The summed E-state index contributed by atoms with van der Waals surface area (Å²) in [7, 11) is -3.27. The van der Waals surface area contributed by atoms with Crippen LogP contribution in [-0.2, 0) is 10.0 Å². The minimum atomic E-state index is -3.27. The average Bonchev–Trinajstić information content (AvgIpc) is 2.94. The quantitative estimate of drug-likeness (QED) is 0.886. The van der Waals surface area contributed by atoms with Crippen LogP contribution >= 0.6 is 11.6 Å². The van der Waals surface area contributed by atoms with E-state index in [-0.39, 0.29) is 17.7 Å². The number of nitrogens with zero attached hydrogens (tertiary/aromatic N) is 1. The molecule has 1 saturated heterocycles. The van der Waals surface area contributed by atoms with Crippen molar-refractivity contribution in [1.82, 2.24) is 5.32 Å². The first-order valence-corrected chi connectivity index (χ1v) is 10.0. The number of hydrogen-bond donors (Lipinski definition) is 1. The van der Waals surface area contributed by atoms with Crippen LogP contribution in [0.2, 0.25) is 5.02 Å². The minimum absolute atomic E-state index is 0.148. The van der Waals surface area contributed by atoms with Gasteiger partial charge in [-0.15, -0.1) is 0 Å². The van der Waals surface area contributed by atoms with Crippen molar-refractivity contribution in [2.45, 2.75) is 19.4 Å². The molecule has 0 aliphatic carbocycles. The second-order valence-corrected chi connectivity index (χ2v) is 8.49. The number of halogens is 1. The SMILES string of the molecule is CC(NC(=O)c1cccc(N2CCCS2(=O)=O)c1)c1cccc(Cl)c1. The van der Waals surface area contributed by atoms with Crippen molar-refractivity contribution in [2.75, 3.05) is 16.6 Å². The van der Waals surface area contributed by atoms with E-state index in [4.69, 9.17) is 11.6 Å². The number of carbonyl (C=O) groups excluding carboxylic acids is 1. The Kier molecular flexibility index (Phi) is 5.01. The topological polar surface area (TPSA) is 66.5 Å². The first-order valence-electron chi connectivity index (χ1n) is 8.03. The van der Waals surface area contributed by atoms with E-state index in [1.807, 2.05) is 19.1 Å². The van der Waals surface area contributed by atoms with Crippen molar-refractivity contribution < 1.29 is 13.2 Å². The molecule has 1 aliphatic rings. The van der Waals surface area contributed by atoms with Crippen molar-refractivity contribution in [3.63, 3.8) is 0 Å². The maximum Gasteiger partial charge on any atom is 0.251 e. The Labute approximate surface area is 152 Å². The van der Waals surface area contributed by atoms with Crippen molar-refractivity contribution >= 4 is 33.2 Å². The van der Waals surface area contributed by atoms with Crippen molar-refractivity contribution in [3.05, 3.63) is 64.7 Å². The summed E-state index contributed by atoms with van der Waals surface area (Å²) >= 11 is 5.99. The van der Waals surface area contributed by atoms with Gasteiger partial charge in [-0.1, -0.05) is 29.8 Å². The lowest BCUT2D eigenvalue weighted by atomic mass is 10.1. The molecule has 1 heterocycles. The number of anilines is 1. The van der Waals surface area contributed by atoms with E-state index in [0.29, 0.717) is 29.2 Å². The highest BCUT2D eigenvalue weighted by Crippen LogP contribution is 2.25. The molecule has 2 aromatic carbocycles. The molecule has 1 fully saturated rings. The van der Waals surface area contributed by atoms with Gasteiger partial charge >= 0.3 is 0 Å². The molecule has 1 N–H and O–H groups in total. The summed E-state index contributed by atoms with van der Waals surface area (Å²) in [6, 6.07) is 13.8. The zero-order chi connectivity index (χ0) is 18.0. The molecule has 0 spiro atoms. The molecule has 2 aromatic rings. The average molecular weight is 379 g/mol. The smallest absolute Gasteiger partial charge is 0.251 e. The fourth-order valence-corrected chi connectivity index (χ4v) is 4.63. The van der Waals surface area contributed by atoms with E-state index in [9.17, 15) is 13.2 Å². The summed E-state index contributed by atoms with van der Waals surface area (Å²) in [6.45, 7) is 2.32. The lowest BCUT2D eigenvalue weighted by Crippen LogP contribution is -2.28. The van der Waals surface area contributed by atoms with Gasteiger partial charge in [0.2, 0.25) is 10.0 Å². The van der Waals surface area contributed by atoms with Crippen LogP contribution in [0.1, 0.15) is 35.3 Å². The third-order valence-corrected chi connectivity index (χ3v) is 6.30. The molecule has 0 bridgehead atoms. The normalized spacial score (nSPS) is 17.3. The standard InChI is InChI=1S/C18H19ClN2O3S/c1-13(14-5-2-7-16(19)11-14)20-18(22)15-6-3-8-17(12-15)21-9-4-10-25(21,23)24/h2-3,5-8,11-13H,4,9-10H2,1H3,(H,20,22). The Hall–Kier alpha value is -2.05. The first-order chi connectivity index (χ1) is 11.9. The zero-order valence-electron chi connectivity index (χ0n) is 13.8. The van der Waals surface area contributed by atoms with Crippen LogP contribution in [0.25, 0.3) is 0 Å². The van der Waals surface area contributed by atoms with Crippen LogP contribution in [0.15, 0.2) is 48.5 Å². The molecule has 3 rings (SSSR count). The fourth-order valence-electron chi connectivity index (χ4n) is 2.87. The van der Waals surface area contributed by atoms with Crippen LogP contribution in [0.3, 0.4) is 0 Å². The Bertz CT molecular complexity index is 899. The molecular formula is C18H19ClN2O3S. The van der Waals surface area contributed by atoms with Crippen LogP contribution in [-0.4, -0.2) is 26.6 Å². The fraction of sp³-hybridized carbons (Fsp3) is 0.278. The second kappa shape index (κ2) is 7.06. The molecule has 1 amide bonds. The van der Waals surface area contributed by atoms with Gasteiger partial charge in [0.15, 0.2) is 0 Å². The number of carbonyl (C=O) groups is 1. The molecule has 1 unspecified atom stereocenters. The Morgan fingerprint density at radius 2 is 1.96 bits per heavy atom. The van der Waals surface area contributed by atoms with Gasteiger partial charge in [-0.05, 0) is 49.2 Å². The summed E-state index contributed by atoms with van der Waals surface area (Å²) in [5.41, 5.74) is 1.85. The molecule has 5 nitrogen and oxygen atoms in total. The predicted octanol–water partition coefficient (Wildman–Crippen LogP) is 3.37. The first kappa shape index (κ1) is 17.8. The van der Waals surface area contributed by atoms with Crippen molar-refractivity contribution in [2.24, 2.45) is 0 Å². The number of rotatable bonds is 4. The van der Waals surface area contributed by atoms with E-state index in [2.05, 4.69) is 5.32 Å². The van der Waals surface area contributed by atoms with Gasteiger partial charge in [0.25, 0.3) is 5.91 Å². The summed E-state index contributed by atoms with van der Waals surface area (Å²) in [5.74, 6) is -0.110. The van der Waals surface area contributed by atoms with Crippen LogP contribution in [0, 0.1) is 0 Å². The second-order valence-electron chi connectivity index (χ2n) is 6.04. The Balaban J connectivity index is 1.78. The lowest BCUT2D eigenvalue weighted by molar-refractivity contribution is 0.0940. The van der Waals surface area contributed by atoms with E-state index in [1.54, 1.807) is 36.4 Å². The van der Waals surface area contributed by atoms with Gasteiger partial charge < -0.3 is 5.32 Å². The number of amides is 1. The van der Waals surface area contributed by atoms with Gasteiger partial charge in [-0.2, -0.15) is 0 Å². The summed E-state index contributed by atoms with van der Waals surface area (Å²) in [6.07, 6.45) is 0.602. The van der Waals surface area contributed by atoms with E-state index < -0.39 is 10.0 Å². The zero-order valence-corrected chi connectivity index (χ0v) is 15.3. The molecular weight excluding hydrogens is 360 g/mol. The van der Waals surface area contributed by atoms with Crippen molar-refractivity contribution in [1.29, 1.82) is 0 Å². The summed E-state index contributed by atoms with van der Waals surface area (Å²) < 4.78 is 25.5. The van der Waals surface area contributed by atoms with Gasteiger partial charge in [0.1, 0.15) is 0 Å². The molecule has 0 aromatic heterocycles. The molecule has 0 radical (unpaired) electrons. The van der Waals surface area contributed by atoms with Gasteiger partial charge in [0.05, 0.1) is 17.5 Å². The molecule has 0 saturated carbocycles. The van der Waals surface area contributed by atoms with Gasteiger partial charge in [0, 0.05) is 17.1 Å². The lowest BCUT2D eigenvalue weighted by Gasteiger charge is -2.18. The van der Waals surface area contributed by atoms with Gasteiger partial charge in [-0.25, -0.2) is 8.42 Å². The predicted molar refractivity (Wildman–Crippen MR) is 99.5 cm³/mol. The van der Waals surface area contributed by atoms with Crippen LogP contribution in [0.4, 0.5) is 5.69 Å². The Morgan fingerprint density at radius 1 is 1.20 bits per heavy atom. The maximum atomic E-state index is 12.5. The molecule has 1 atom stereocenters. The van der Waals surface area contributed by atoms with E-state index in [0.717, 1.165) is 5.56 Å². The molecule has 7 heteroatoms. The highest BCUT2D eigenvalue weighted by molar-refractivity contribution is 7.93. The number of sulfonamides is 1. The highest BCUT2D eigenvalue weighted by Gasteiger charge is 2.28. The van der Waals surface area contributed by atoms with Crippen LogP contribution < -0.4 is 9.62 Å². The van der Waals surface area contributed by atoms with Gasteiger partial charge in [-0.3, -0.25) is 9.10 Å². The van der Waals surface area contributed by atoms with E-state index >= 15 is 0 Å². The van der Waals surface area contributed by atoms with Crippen LogP contribution in [0.5, 0.6) is 0 Å². The largest absolute Gasteiger partial charge is 0.346 e. The monoisotopic (exact) mass is 378 g/mol. The number of benzene rings is 2. The third kappa shape index (κ3) is 3.96. The molecule has 1 aliphatic heterocycles. The maximum absolute atomic E-state index is 12.5. The van der Waals surface area contributed by atoms with Crippen molar-refractivity contribution in [3.8, 4) is 0 Å². The minimum Gasteiger partial charge on any atom is -0.346 e. The summed E-state index contributed by atoms with van der Waals surface area (Å²) in [4.78, 5) is 12.5. The summed E-state index contributed by atoms with van der Waals surface area (Å²) in [5, 5.41) is 3.52. The van der Waals surface area contributed by atoms with E-state index in [1.165, 1.54) is 4.31 Å². The molecule has 132 valence electrons.